The molecule has 0 aliphatic carbocycles. The molecule has 0 saturated carbocycles. The fraction of sp³-hybridized carbons (Fsp3) is 0.174. The van der Waals surface area contributed by atoms with Crippen LogP contribution < -0.4 is 16.0 Å². The van der Waals surface area contributed by atoms with Gasteiger partial charge in [-0.1, -0.05) is 18.2 Å². The number of nitrogen functional groups attached to an aromatic ring is 1. The molecule has 2 aromatic heterocycles. The van der Waals surface area contributed by atoms with E-state index in [1.165, 1.54) is 28.8 Å². The smallest absolute Gasteiger partial charge is 0.278 e. The van der Waals surface area contributed by atoms with E-state index in [4.69, 9.17) is 11.0 Å². The third-order valence-electron chi connectivity index (χ3n) is 4.91. The minimum atomic E-state index is -0.509. The number of nitrogens with zero attached hydrogens (tertiary/aromatic N) is 5. The molecule has 166 valence electrons. The van der Waals surface area contributed by atoms with Gasteiger partial charge < -0.3 is 10.5 Å². The molecule has 0 spiro atoms. The molecular formula is C23H20FN7OS. The maximum Gasteiger partial charge on any atom is 0.278 e. The van der Waals surface area contributed by atoms with Gasteiger partial charge in [-0.25, -0.2) is 14.4 Å². The molecule has 10 heteroatoms. The average Bonchev–Trinajstić information content (AvgIpc) is 2.80. The predicted octanol–water partition coefficient (Wildman–Crippen LogP) is 4.29. The largest absolute Gasteiger partial charge is 0.368 e. The maximum absolute atomic E-state index is 14.8. The van der Waals surface area contributed by atoms with E-state index in [9.17, 15) is 9.18 Å². The van der Waals surface area contributed by atoms with Gasteiger partial charge in [0.25, 0.3) is 5.56 Å². The van der Waals surface area contributed by atoms with E-state index in [2.05, 4.69) is 25.7 Å². The van der Waals surface area contributed by atoms with Gasteiger partial charge in [-0.2, -0.15) is 10.2 Å². The Balaban J connectivity index is 1.60. The summed E-state index contributed by atoms with van der Waals surface area (Å²) in [5.41, 5.74) is 8.38. The number of hydrogen-bond donors (Lipinski definition) is 2. The number of nitriles is 1. The van der Waals surface area contributed by atoms with E-state index < -0.39 is 5.82 Å². The van der Waals surface area contributed by atoms with Gasteiger partial charge in [0.2, 0.25) is 5.95 Å². The molecule has 0 fully saturated rings. The Morgan fingerprint density at radius 3 is 2.64 bits per heavy atom. The number of halogens is 1. The van der Waals surface area contributed by atoms with Crippen LogP contribution in [0.1, 0.15) is 31.0 Å². The summed E-state index contributed by atoms with van der Waals surface area (Å²) >= 11 is 1.32. The Kier molecular flexibility index (Phi) is 6.24. The summed E-state index contributed by atoms with van der Waals surface area (Å²) in [5.74, 6) is 0.123. The molecule has 0 unspecified atom stereocenters. The molecule has 2 aromatic carbocycles. The van der Waals surface area contributed by atoms with Gasteiger partial charge in [0.1, 0.15) is 17.0 Å². The number of fused-ring (bicyclic) bond motifs is 1. The monoisotopic (exact) mass is 461 g/mol. The van der Waals surface area contributed by atoms with Crippen molar-refractivity contribution in [2.24, 2.45) is 0 Å². The van der Waals surface area contributed by atoms with Crippen molar-refractivity contribution in [1.82, 2.24) is 19.5 Å². The quantitative estimate of drug-likeness (QED) is 0.408. The summed E-state index contributed by atoms with van der Waals surface area (Å²) in [6.45, 7) is 3.70. The van der Waals surface area contributed by atoms with Gasteiger partial charge in [-0.05, 0) is 55.6 Å². The molecule has 8 nitrogen and oxygen atoms in total. The molecule has 0 radical (unpaired) electrons. The third kappa shape index (κ3) is 4.63. The Hall–Kier alpha value is -3.97. The van der Waals surface area contributed by atoms with Crippen molar-refractivity contribution in [3.8, 4) is 17.3 Å². The Morgan fingerprint density at radius 2 is 1.97 bits per heavy atom. The van der Waals surface area contributed by atoms with Crippen LogP contribution in [-0.4, -0.2) is 19.5 Å². The molecule has 0 aliphatic heterocycles. The van der Waals surface area contributed by atoms with Crippen LogP contribution >= 0.6 is 11.9 Å². The minimum Gasteiger partial charge on any atom is -0.368 e. The van der Waals surface area contributed by atoms with Crippen molar-refractivity contribution in [2.45, 2.75) is 25.6 Å². The molecule has 2 heterocycles. The number of nitrogens with two attached hydrogens (primary N) is 1. The Bertz CT molecular complexity index is 1430. The number of benzene rings is 2. The summed E-state index contributed by atoms with van der Waals surface area (Å²) in [6.07, 6.45) is 1.45. The zero-order valence-electron chi connectivity index (χ0n) is 17.9. The van der Waals surface area contributed by atoms with Crippen LogP contribution in [-0.2, 0) is 5.75 Å². The van der Waals surface area contributed by atoms with E-state index in [0.29, 0.717) is 33.7 Å². The lowest BCUT2D eigenvalue weighted by atomic mass is 10.1. The van der Waals surface area contributed by atoms with Crippen molar-refractivity contribution in [2.75, 3.05) is 10.5 Å². The number of rotatable bonds is 6. The number of hydrogen-bond acceptors (Lipinski definition) is 8. The lowest BCUT2D eigenvalue weighted by molar-refractivity contribution is 0.593. The first kappa shape index (κ1) is 22.2. The fourth-order valence-electron chi connectivity index (χ4n) is 3.30. The second kappa shape index (κ2) is 9.26. The molecule has 3 N–H and O–H groups in total. The molecule has 4 aromatic rings. The molecule has 4 rings (SSSR count). The van der Waals surface area contributed by atoms with E-state index >= 15 is 0 Å². The first-order valence-electron chi connectivity index (χ1n) is 10.1. The van der Waals surface area contributed by atoms with Crippen LogP contribution in [0.3, 0.4) is 0 Å². The van der Waals surface area contributed by atoms with Gasteiger partial charge in [0.05, 0.1) is 23.5 Å². The second-order valence-electron chi connectivity index (χ2n) is 7.56. The fourth-order valence-corrected chi connectivity index (χ4v) is 4.05. The average molecular weight is 462 g/mol. The highest BCUT2D eigenvalue weighted by Crippen LogP contribution is 2.26. The van der Waals surface area contributed by atoms with Crippen LogP contribution in [0.5, 0.6) is 0 Å². The number of anilines is 2. The van der Waals surface area contributed by atoms with Crippen molar-refractivity contribution >= 4 is 34.7 Å². The van der Waals surface area contributed by atoms with Crippen molar-refractivity contribution < 1.29 is 4.39 Å². The third-order valence-corrected chi connectivity index (χ3v) is 5.76. The van der Waals surface area contributed by atoms with Gasteiger partial charge in [0, 0.05) is 17.4 Å². The summed E-state index contributed by atoms with van der Waals surface area (Å²) in [7, 11) is 0. The molecule has 0 saturated heterocycles. The van der Waals surface area contributed by atoms with Crippen LogP contribution in [0, 0.1) is 17.1 Å². The van der Waals surface area contributed by atoms with E-state index in [-0.39, 0.29) is 23.2 Å². The lowest BCUT2D eigenvalue weighted by Crippen LogP contribution is -2.26. The standard InChI is InChI=1S/C23H20FN7OS/c1-13(2)31-21-19(11-27-23(26)29-21)28-20(22(31)32)16-7-8-18(17(24)9-16)30-33-12-15-5-3-14(10-25)4-6-15/h3-9,11,13,30H,12H2,1-2H3,(H2,26,27,29). The molecule has 0 aliphatic rings. The molecule has 0 bridgehead atoms. The lowest BCUT2D eigenvalue weighted by Gasteiger charge is -2.15. The van der Waals surface area contributed by atoms with Gasteiger partial charge in [0.15, 0.2) is 5.65 Å². The van der Waals surface area contributed by atoms with Crippen molar-refractivity contribution in [1.29, 1.82) is 5.26 Å². The van der Waals surface area contributed by atoms with Gasteiger partial charge in [-0.3, -0.25) is 9.36 Å². The van der Waals surface area contributed by atoms with Crippen LogP contribution in [0.15, 0.2) is 53.5 Å². The molecular weight excluding hydrogens is 441 g/mol. The summed E-state index contributed by atoms with van der Waals surface area (Å²) in [4.78, 5) is 25.6. The van der Waals surface area contributed by atoms with Gasteiger partial charge in [-0.15, -0.1) is 0 Å². The number of nitrogens with one attached hydrogen (secondary N) is 1. The normalized spacial score (nSPS) is 11.0. The highest BCUT2D eigenvalue weighted by molar-refractivity contribution is 7.99. The summed E-state index contributed by atoms with van der Waals surface area (Å²) in [5, 5.41) is 8.87. The Labute approximate surface area is 193 Å². The SMILES string of the molecule is CC(C)n1c(=O)c(-c2ccc(NSCc3ccc(C#N)cc3)c(F)c2)nc2cnc(N)nc21. The van der Waals surface area contributed by atoms with Crippen molar-refractivity contribution in [3.05, 3.63) is 76.0 Å². The van der Waals surface area contributed by atoms with E-state index in [1.54, 1.807) is 24.3 Å². The van der Waals surface area contributed by atoms with Crippen LogP contribution in [0.4, 0.5) is 16.0 Å². The maximum atomic E-state index is 14.8. The first-order chi connectivity index (χ1) is 15.9. The first-order valence-corrected chi connectivity index (χ1v) is 11.1. The zero-order valence-corrected chi connectivity index (χ0v) is 18.7. The zero-order chi connectivity index (χ0) is 23.5. The van der Waals surface area contributed by atoms with E-state index in [0.717, 1.165) is 5.56 Å². The highest BCUT2D eigenvalue weighted by atomic mass is 32.2. The second-order valence-corrected chi connectivity index (χ2v) is 8.34. The van der Waals surface area contributed by atoms with Crippen LogP contribution in [0.2, 0.25) is 0 Å². The highest BCUT2D eigenvalue weighted by Gasteiger charge is 2.17. The summed E-state index contributed by atoms with van der Waals surface area (Å²) in [6, 6.07) is 13.6. The van der Waals surface area contributed by atoms with E-state index in [1.807, 2.05) is 26.0 Å². The summed E-state index contributed by atoms with van der Waals surface area (Å²) < 4.78 is 19.3. The molecule has 0 atom stereocenters. The molecule has 0 amide bonds. The number of aromatic nitrogens is 4. The van der Waals surface area contributed by atoms with Crippen LogP contribution in [0.25, 0.3) is 22.4 Å². The van der Waals surface area contributed by atoms with Gasteiger partial charge >= 0.3 is 0 Å². The minimum absolute atomic E-state index is 0.0471. The topological polar surface area (TPSA) is 123 Å². The predicted molar refractivity (Wildman–Crippen MR) is 128 cm³/mol. The Morgan fingerprint density at radius 1 is 1.21 bits per heavy atom. The molecule has 33 heavy (non-hydrogen) atoms. The van der Waals surface area contributed by atoms with Crippen molar-refractivity contribution in [3.63, 3.8) is 0 Å².